The molecule has 92 valence electrons. The Labute approximate surface area is 104 Å². The second-order valence-corrected chi connectivity index (χ2v) is 5.73. The maximum atomic E-state index is 12.0. The van der Waals surface area contributed by atoms with Crippen LogP contribution in [0, 0.1) is 0 Å². The molecule has 1 amide bonds. The van der Waals surface area contributed by atoms with Gasteiger partial charge in [-0.15, -0.1) is 0 Å². The summed E-state index contributed by atoms with van der Waals surface area (Å²) in [7, 11) is 1.62. The molecule has 2 aliphatic rings. The molecule has 3 rings (SSSR count). The third-order valence-corrected chi connectivity index (χ3v) is 4.67. The molecule has 3 atom stereocenters. The van der Waals surface area contributed by atoms with Crippen LogP contribution in [0.15, 0.2) is 12.1 Å². The molecule has 0 spiro atoms. The molecule has 2 fully saturated rings. The van der Waals surface area contributed by atoms with Gasteiger partial charge in [0, 0.05) is 18.1 Å². The number of hydrogen-bond donors (Lipinski definition) is 2. The largest absolute Gasteiger partial charge is 0.487 e. The van der Waals surface area contributed by atoms with Crippen LogP contribution in [0.2, 0.25) is 0 Å². The molecule has 2 aliphatic heterocycles. The first-order valence-electron chi connectivity index (χ1n) is 5.97. The van der Waals surface area contributed by atoms with Gasteiger partial charge in [0.1, 0.15) is 0 Å². The Bertz CT molecular complexity index is 432. The van der Waals surface area contributed by atoms with Crippen molar-refractivity contribution in [1.29, 1.82) is 0 Å². The molecule has 1 aromatic rings. The van der Waals surface area contributed by atoms with Crippen LogP contribution in [-0.4, -0.2) is 31.1 Å². The average Bonchev–Trinajstić information content (AvgIpc) is 3.04. The minimum absolute atomic E-state index is 0.0256. The first-order valence-corrected chi connectivity index (χ1v) is 6.78. The number of nitrogens with one attached hydrogen (secondary N) is 2. The van der Waals surface area contributed by atoms with Crippen molar-refractivity contribution in [2.45, 2.75) is 37.4 Å². The fourth-order valence-corrected chi connectivity index (χ4v) is 3.50. The van der Waals surface area contributed by atoms with Crippen LogP contribution in [0.3, 0.4) is 0 Å². The Balaban J connectivity index is 1.63. The number of ether oxygens (including phenoxy) is 1. The van der Waals surface area contributed by atoms with Gasteiger partial charge < -0.3 is 15.4 Å². The Morgan fingerprint density at radius 1 is 1.53 bits per heavy atom. The van der Waals surface area contributed by atoms with E-state index in [2.05, 4.69) is 10.6 Å². The Hall–Kier alpha value is -1.07. The smallest absolute Gasteiger partial charge is 0.261 e. The van der Waals surface area contributed by atoms with Gasteiger partial charge in [0.15, 0.2) is 5.06 Å². The lowest BCUT2D eigenvalue weighted by molar-refractivity contribution is 0.0935. The van der Waals surface area contributed by atoms with E-state index in [1.807, 2.05) is 12.1 Å². The molecular weight excluding hydrogens is 236 g/mol. The lowest BCUT2D eigenvalue weighted by Gasteiger charge is -2.20. The maximum Gasteiger partial charge on any atom is 0.261 e. The van der Waals surface area contributed by atoms with Crippen LogP contribution < -0.4 is 15.4 Å². The minimum atomic E-state index is 0.0256. The van der Waals surface area contributed by atoms with Crippen molar-refractivity contribution in [3.05, 3.63) is 17.0 Å². The number of fused-ring (bicyclic) bond motifs is 2. The Morgan fingerprint density at radius 2 is 2.41 bits per heavy atom. The molecule has 17 heavy (non-hydrogen) atoms. The molecule has 1 aromatic heterocycles. The van der Waals surface area contributed by atoms with Gasteiger partial charge >= 0.3 is 0 Å². The average molecular weight is 252 g/mol. The number of carbonyl (C=O) groups is 1. The van der Waals surface area contributed by atoms with Crippen molar-refractivity contribution in [1.82, 2.24) is 10.6 Å². The third kappa shape index (κ3) is 2.05. The van der Waals surface area contributed by atoms with Gasteiger partial charge in [0.2, 0.25) is 0 Å². The first kappa shape index (κ1) is 11.0. The van der Waals surface area contributed by atoms with E-state index in [9.17, 15) is 4.79 Å². The van der Waals surface area contributed by atoms with Crippen molar-refractivity contribution >= 4 is 17.2 Å². The summed E-state index contributed by atoms with van der Waals surface area (Å²) in [6, 6.07) is 5.04. The molecule has 0 aliphatic carbocycles. The highest BCUT2D eigenvalue weighted by Crippen LogP contribution is 2.29. The van der Waals surface area contributed by atoms with Crippen molar-refractivity contribution < 1.29 is 9.53 Å². The topological polar surface area (TPSA) is 50.4 Å². The standard InChI is InChI=1S/C12H16N2O2S/c1-16-11-5-4-10(17-11)12(15)14-9-6-7-2-3-8(9)13-7/h4-5,7-9,13H,2-3,6H2,1H3,(H,14,15). The fraction of sp³-hybridized carbons (Fsp3) is 0.583. The molecule has 5 heteroatoms. The fourth-order valence-electron chi connectivity index (χ4n) is 2.78. The van der Waals surface area contributed by atoms with E-state index < -0.39 is 0 Å². The van der Waals surface area contributed by atoms with Crippen LogP contribution >= 0.6 is 11.3 Å². The summed E-state index contributed by atoms with van der Waals surface area (Å²) >= 11 is 1.39. The predicted molar refractivity (Wildman–Crippen MR) is 66.7 cm³/mol. The van der Waals surface area contributed by atoms with E-state index in [-0.39, 0.29) is 5.91 Å². The lowest BCUT2D eigenvalue weighted by Crippen LogP contribution is -2.42. The highest BCUT2D eigenvalue weighted by Gasteiger charge is 2.39. The van der Waals surface area contributed by atoms with E-state index in [1.54, 1.807) is 7.11 Å². The second kappa shape index (κ2) is 4.31. The van der Waals surface area contributed by atoms with Gasteiger partial charge in [-0.3, -0.25) is 4.79 Å². The highest BCUT2D eigenvalue weighted by molar-refractivity contribution is 7.15. The van der Waals surface area contributed by atoms with Crippen LogP contribution in [0.5, 0.6) is 5.06 Å². The second-order valence-electron chi connectivity index (χ2n) is 4.69. The summed E-state index contributed by atoms with van der Waals surface area (Å²) < 4.78 is 5.09. The van der Waals surface area contributed by atoms with E-state index in [1.165, 1.54) is 24.2 Å². The molecule has 2 saturated heterocycles. The molecule has 0 saturated carbocycles. The van der Waals surface area contributed by atoms with Gasteiger partial charge in [-0.2, -0.15) is 0 Å². The van der Waals surface area contributed by atoms with Crippen LogP contribution in [0.25, 0.3) is 0 Å². The lowest BCUT2D eigenvalue weighted by atomic mass is 9.95. The van der Waals surface area contributed by atoms with Crippen molar-refractivity contribution in [3.8, 4) is 5.06 Å². The highest BCUT2D eigenvalue weighted by atomic mass is 32.1. The zero-order valence-corrected chi connectivity index (χ0v) is 10.5. The van der Waals surface area contributed by atoms with Crippen molar-refractivity contribution in [3.63, 3.8) is 0 Å². The van der Waals surface area contributed by atoms with Crippen molar-refractivity contribution in [2.75, 3.05) is 7.11 Å². The molecule has 2 N–H and O–H groups in total. The van der Waals surface area contributed by atoms with E-state index in [4.69, 9.17) is 4.74 Å². The Kier molecular flexibility index (Phi) is 2.80. The number of carbonyl (C=O) groups excluding carboxylic acids is 1. The van der Waals surface area contributed by atoms with E-state index in [0.717, 1.165) is 16.4 Å². The van der Waals surface area contributed by atoms with Gasteiger partial charge in [-0.25, -0.2) is 0 Å². The van der Waals surface area contributed by atoms with E-state index >= 15 is 0 Å². The molecule has 3 unspecified atom stereocenters. The predicted octanol–water partition coefficient (Wildman–Crippen LogP) is 1.38. The zero-order chi connectivity index (χ0) is 11.8. The summed E-state index contributed by atoms with van der Waals surface area (Å²) in [5.74, 6) is 0.0256. The molecule has 4 nitrogen and oxygen atoms in total. The number of methoxy groups -OCH3 is 1. The van der Waals surface area contributed by atoms with Gasteiger partial charge in [0.05, 0.1) is 12.0 Å². The first-order chi connectivity index (χ1) is 8.26. The summed E-state index contributed by atoms with van der Waals surface area (Å²) in [5.41, 5.74) is 0. The number of hydrogen-bond acceptors (Lipinski definition) is 4. The van der Waals surface area contributed by atoms with Crippen LogP contribution in [-0.2, 0) is 0 Å². The minimum Gasteiger partial charge on any atom is -0.487 e. The molecule has 3 heterocycles. The maximum absolute atomic E-state index is 12.0. The summed E-state index contributed by atoms with van der Waals surface area (Å²) in [6.07, 6.45) is 3.51. The molecule has 2 bridgehead atoms. The number of thiophene rings is 1. The van der Waals surface area contributed by atoms with Gasteiger partial charge in [0.25, 0.3) is 5.91 Å². The Morgan fingerprint density at radius 3 is 3.00 bits per heavy atom. The van der Waals surface area contributed by atoms with E-state index in [0.29, 0.717) is 18.1 Å². The normalized spacial score (nSPS) is 30.5. The van der Waals surface area contributed by atoms with Gasteiger partial charge in [-0.05, 0) is 31.4 Å². The van der Waals surface area contributed by atoms with Crippen LogP contribution in [0.4, 0.5) is 0 Å². The third-order valence-electron chi connectivity index (χ3n) is 3.62. The summed E-state index contributed by atoms with van der Waals surface area (Å²) in [5, 5.41) is 7.41. The van der Waals surface area contributed by atoms with Crippen molar-refractivity contribution in [2.24, 2.45) is 0 Å². The zero-order valence-electron chi connectivity index (χ0n) is 9.73. The van der Waals surface area contributed by atoms with Crippen LogP contribution in [0.1, 0.15) is 28.9 Å². The van der Waals surface area contributed by atoms with Gasteiger partial charge in [-0.1, -0.05) is 11.3 Å². The quantitative estimate of drug-likeness (QED) is 0.854. The number of rotatable bonds is 3. The molecule has 0 radical (unpaired) electrons. The monoisotopic (exact) mass is 252 g/mol. The molecule has 0 aromatic carbocycles. The summed E-state index contributed by atoms with van der Waals surface area (Å²) in [6.45, 7) is 0. The molecular formula is C12H16N2O2S. The SMILES string of the molecule is COc1ccc(C(=O)NC2CC3CCC2N3)s1. The summed E-state index contributed by atoms with van der Waals surface area (Å²) in [4.78, 5) is 12.7. The number of amides is 1.